The molecule has 0 heterocycles. The van der Waals surface area contributed by atoms with Crippen molar-refractivity contribution in [3.05, 3.63) is 106 Å². The Kier molecular flexibility index (Phi) is 5.25. The summed E-state index contributed by atoms with van der Waals surface area (Å²) in [5, 5.41) is 4.75. The number of aryl methyl sites for hydroxylation is 2. The molecule has 0 aliphatic heterocycles. The Balaban J connectivity index is 1.60. The maximum atomic E-state index is 13.0. The van der Waals surface area contributed by atoms with Gasteiger partial charge in [-0.1, -0.05) is 89.5 Å². The zero-order chi connectivity index (χ0) is 20.4. The molecular weight excluding hydrogens is 380 g/mol. The third kappa shape index (κ3) is 3.83. The minimum atomic E-state index is -0.304. The number of halogens is 1. The molecule has 29 heavy (non-hydrogen) atoms. The first-order valence-corrected chi connectivity index (χ1v) is 10.1. The van der Waals surface area contributed by atoms with Crippen LogP contribution in [-0.2, 0) is 10.2 Å². The van der Waals surface area contributed by atoms with Gasteiger partial charge in [0.05, 0.1) is 12.1 Å². The van der Waals surface area contributed by atoms with E-state index < -0.39 is 0 Å². The van der Waals surface area contributed by atoms with E-state index in [1.54, 1.807) is 12.3 Å². The predicted octanol–water partition coefficient (Wildman–Crippen LogP) is 5.41. The van der Waals surface area contributed by atoms with Crippen molar-refractivity contribution in [1.82, 2.24) is 5.43 Å². The Bertz CT molecular complexity index is 1040. The molecule has 3 aromatic carbocycles. The molecule has 1 atom stereocenters. The normalized spacial score (nSPS) is 17.3. The zero-order valence-electron chi connectivity index (χ0n) is 16.5. The minimum Gasteiger partial charge on any atom is -0.273 e. The van der Waals surface area contributed by atoms with Gasteiger partial charge in [-0.05, 0) is 37.5 Å². The van der Waals surface area contributed by atoms with Gasteiger partial charge in [-0.15, -0.1) is 0 Å². The number of benzene rings is 3. The molecule has 1 amide bonds. The van der Waals surface area contributed by atoms with E-state index in [0.717, 1.165) is 12.0 Å². The molecule has 0 aromatic heterocycles. The molecule has 4 heteroatoms. The lowest BCUT2D eigenvalue weighted by Crippen LogP contribution is -2.25. The van der Waals surface area contributed by atoms with Crippen molar-refractivity contribution in [3.63, 3.8) is 0 Å². The first kappa shape index (κ1) is 19.4. The topological polar surface area (TPSA) is 41.5 Å². The molecule has 0 saturated heterocycles. The van der Waals surface area contributed by atoms with Crippen LogP contribution in [0.25, 0.3) is 0 Å². The average molecular weight is 403 g/mol. The van der Waals surface area contributed by atoms with Crippen molar-refractivity contribution in [3.8, 4) is 0 Å². The monoisotopic (exact) mass is 402 g/mol. The average Bonchev–Trinajstić information content (AvgIpc) is 3.47. The number of carbonyl (C=O) groups is 1. The van der Waals surface area contributed by atoms with Crippen LogP contribution in [0.2, 0.25) is 5.02 Å². The van der Waals surface area contributed by atoms with E-state index >= 15 is 0 Å². The van der Waals surface area contributed by atoms with E-state index in [2.05, 4.69) is 72.9 Å². The molecule has 3 nitrogen and oxygen atoms in total. The second-order valence-electron chi connectivity index (χ2n) is 7.72. The van der Waals surface area contributed by atoms with Crippen LogP contribution in [0.5, 0.6) is 0 Å². The van der Waals surface area contributed by atoms with Crippen LogP contribution < -0.4 is 5.43 Å². The largest absolute Gasteiger partial charge is 0.273 e. The highest BCUT2D eigenvalue weighted by atomic mass is 35.5. The van der Waals surface area contributed by atoms with Crippen molar-refractivity contribution in [2.24, 2.45) is 11.0 Å². The van der Waals surface area contributed by atoms with Gasteiger partial charge >= 0.3 is 0 Å². The summed E-state index contributed by atoms with van der Waals surface area (Å²) in [5.74, 6) is -0.231. The number of nitrogens with zero attached hydrogens (tertiary/aromatic N) is 1. The SMILES string of the molecule is Cc1cccc(C2(c3cccc(C)c3)CC2C(=O)N/N=C\c2ccccc2Cl)c1. The summed E-state index contributed by atoms with van der Waals surface area (Å²) in [4.78, 5) is 13.0. The Hall–Kier alpha value is -2.91. The highest BCUT2D eigenvalue weighted by Crippen LogP contribution is 2.59. The molecule has 1 fully saturated rings. The molecule has 146 valence electrons. The van der Waals surface area contributed by atoms with E-state index in [1.807, 2.05) is 18.2 Å². The molecule has 1 aliphatic rings. The van der Waals surface area contributed by atoms with E-state index in [4.69, 9.17) is 11.6 Å². The Morgan fingerprint density at radius 3 is 2.21 bits per heavy atom. The van der Waals surface area contributed by atoms with Crippen LogP contribution in [0.4, 0.5) is 0 Å². The number of nitrogens with one attached hydrogen (secondary N) is 1. The number of hydrazone groups is 1. The fraction of sp³-hybridized carbons (Fsp3) is 0.200. The van der Waals surface area contributed by atoms with Crippen molar-refractivity contribution in [2.45, 2.75) is 25.7 Å². The standard InChI is InChI=1S/C25H23ClN2O/c1-17-7-5-10-20(13-17)25(21-11-6-8-18(2)14-21)15-22(25)24(29)28-27-16-19-9-3-4-12-23(19)26/h3-14,16,22H,15H2,1-2H3,(H,28,29)/b27-16-. The van der Waals surface area contributed by atoms with Gasteiger partial charge in [0.25, 0.3) is 0 Å². The molecule has 1 saturated carbocycles. The van der Waals surface area contributed by atoms with Gasteiger partial charge in [0, 0.05) is 16.0 Å². The fourth-order valence-electron chi connectivity index (χ4n) is 4.05. The third-order valence-electron chi connectivity index (χ3n) is 5.63. The van der Waals surface area contributed by atoms with Crippen LogP contribution in [0.15, 0.2) is 77.9 Å². The maximum Gasteiger partial charge on any atom is 0.244 e. The Labute approximate surface area is 176 Å². The summed E-state index contributed by atoms with van der Waals surface area (Å²) in [6.07, 6.45) is 2.36. The first-order chi connectivity index (χ1) is 14.0. The van der Waals surface area contributed by atoms with Gasteiger partial charge in [-0.2, -0.15) is 5.10 Å². The van der Waals surface area contributed by atoms with Crippen molar-refractivity contribution < 1.29 is 4.79 Å². The Morgan fingerprint density at radius 2 is 1.62 bits per heavy atom. The summed E-state index contributed by atoms with van der Waals surface area (Å²) in [6, 6.07) is 24.3. The number of rotatable bonds is 5. The van der Waals surface area contributed by atoms with E-state index in [9.17, 15) is 4.79 Å². The molecule has 1 N–H and O–H groups in total. The van der Waals surface area contributed by atoms with Gasteiger partial charge in [0.1, 0.15) is 0 Å². The highest BCUT2D eigenvalue weighted by Gasteiger charge is 2.60. The van der Waals surface area contributed by atoms with E-state index in [0.29, 0.717) is 5.02 Å². The lowest BCUT2D eigenvalue weighted by atomic mass is 9.84. The van der Waals surface area contributed by atoms with Crippen molar-refractivity contribution in [1.29, 1.82) is 0 Å². The van der Waals surface area contributed by atoms with Gasteiger partial charge < -0.3 is 0 Å². The van der Waals surface area contributed by atoms with Crippen LogP contribution in [0, 0.1) is 19.8 Å². The lowest BCUT2D eigenvalue weighted by molar-refractivity contribution is -0.122. The Morgan fingerprint density at radius 1 is 1.00 bits per heavy atom. The summed E-state index contributed by atoms with van der Waals surface area (Å²) in [5.41, 5.74) is 7.93. The van der Waals surface area contributed by atoms with E-state index in [-0.39, 0.29) is 17.2 Å². The minimum absolute atomic E-state index is 0.0729. The number of carbonyl (C=O) groups excluding carboxylic acids is 1. The lowest BCUT2D eigenvalue weighted by Gasteiger charge is -2.19. The predicted molar refractivity (Wildman–Crippen MR) is 118 cm³/mol. The molecule has 1 unspecified atom stereocenters. The van der Waals surface area contributed by atoms with Gasteiger partial charge in [0.2, 0.25) is 5.91 Å². The van der Waals surface area contributed by atoms with Gasteiger partial charge in [-0.3, -0.25) is 4.79 Å². The summed E-state index contributed by atoms with van der Waals surface area (Å²) in [7, 11) is 0. The summed E-state index contributed by atoms with van der Waals surface area (Å²) < 4.78 is 0. The molecule has 0 bridgehead atoms. The molecule has 3 aromatic rings. The molecule has 0 spiro atoms. The fourth-order valence-corrected chi connectivity index (χ4v) is 4.24. The molecule has 4 rings (SSSR count). The molecule has 1 aliphatic carbocycles. The van der Waals surface area contributed by atoms with Crippen LogP contribution in [0.3, 0.4) is 0 Å². The third-order valence-corrected chi connectivity index (χ3v) is 5.97. The molecular formula is C25H23ClN2O. The molecule has 0 radical (unpaired) electrons. The number of hydrogen-bond acceptors (Lipinski definition) is 2. The smallest absolute Gasteiger partial charge is 0.244 e. The first-order valence-electron chi connectivity index (χ1n) is 9.72. The van der Waals surface area contributed by atoms with Gasteiger partial charge in [-0.25, -0.2) is 5.43 Å². The summed E-state index contributed by atoms with van der Waals surface area (Å²) >= 11 is 6.15. The highest BCUT2D eigenvalue weighted by molar-refractivity contribution is 6.33. The van der Waals surface area contributed by atoms with Gasteiger partial charge in [0.15, 0.2) is 0 Å². The second-order valence-corrected chi connectivity index (χ2v) is 8.13. The maximum absolute atomic E-state index is 13.0. The van der Waals surface area contributed by atoms with Crippen molar-refractivity contribution in [2.75, 3.05) is 0 Å². The zero-order valence-corrected chi connectivity index (χ0v) is 17.3. The van der Waals surface area contributed by atoms with Crippen molar-refractivity contribution >= 4 is 23.7 Å². The second kappa shape index (κ2) is 7.84. The summed E-state index contributed by atoms with van der Waals surface area (Å²) in [6.45, 7) is 4.16. The van der Waals surface area contributed by atoms with E-state index in [1.165, 1.54) is 22.3 Å². The number of hydrogen-bond donors (Lipinski definition) is 1. The van der Waals surface area contributed by atoms with Crippen LogP contribution in [-0.4, -0.2) is 12.1 Å². The number of amides is 1. The quantitative estimate of drug-likeness (QED) is 0.449. The van der Waals surface area contributed by atoms with Crippen LogP contribution >= 0.6 is 11.6 Å². The van der Waals surface area contributed by atoms with Crippen LogP contribution in [0.1, 0.15) is 34.2 Å².